The zero-order valence-electron chi connectivity index (χ0n) is 18.1. The largest absolute Gasteiger partial charge is 0.506 e. The Morgan fingerprint density at radius 1 is 0.857 bits per heavy atom. The van der Waals surface area contributed by atoms with E-state index in [1.807, 2.05) is 12.1 Å². The third-order valence-corrected chi connectivity index (χ3v) is 6.46. The Kier molecular flexibility index (Phi) is 6.73. The molecule has 0 radical (unpaired) electrons. The van der Waals surface area contributed by atoms with Crippen LogP contribution in [-0.4, -0.2) is 84.5 Å². The van der Waals surface area contributed by atoms with Crippen LogP contribution in [0.25, 0.3) is 0 Å². The fourth-order valence-corrected chi connectivity index (χ4v) is 4.36. The molecule has 2 heterocycles. The molecule has 0 aromatic heterocycles. The van der Waals surface area contributed by atoms with Gasteiger partial charge in [-0.3, -0.25) is 0 Å². The minimum atomic E-state index is -0.0520. The molecule has 2 saturated heterocycles. The van der Waals surface area contributed by atoms with E-state index in [-0.39, 0.29) is 16.9 Å². The lowest BCUT2D eigenvalue weighted by Crippen LogP contribution is -2.58. The van der Waals surface area contributed by atoms with Crippen LogP contribution in [0.2, 0.25) is 0 Å². The molecular formula is C22H38N4O2. The molecule has 2 aliphatic rings. The Hall–Kier alpha value is -1.50. The highest BCUT2D eigenvalue weighted by Crippen LogP contribution is 2.42. The molecule has 0 bridgehead atoms. The fraction of sp³-hybridized carbons (Fsp3) is 0.727. The number of nitrogens with zero attached hydrogens (tertiary/aromatic N) is 4. The monoisotopic (exact) mass is 390 g/mol. The zero-order valence-corrected chi connectivity index (χ0v) is 18.1. The number of unbranched alkanes of at least 4 members (excludes halogenated alkanes) is 1. The van der Waals surface area contributed by atoms with E-state index >= 15 is 0 Å². The van der Waals surface area contributed by atoms with Gasteiger partial charge in [-0.25, -0.2) is 10.0 Å². The van der Waals surface area contributed by atoms with E-state index in [0.717, 1.165) is 77.2 Å². The quantitative estimate of drug-likeness (QED) is 0.779. The van der Waals surface area contributed by atoms with Crippen molar-refractivity contribution in [2.75, 3.05) is 64.3 Å². The summed E-state index contributed by atoms with van der Waals surface area (Å²) >= 11 is 0. The summed E-state index contributed by atoms with van der Waals surface area (Å²) in [6, 6.07) is 3.72. The van der Waals surface area contributed by atoms with Crippen molar-refractivity contribution in [3.63, 3.8) is 0 Å². The minimum Gasteiger partial charge on any atom is -0.506 e. The number of anilines is 1. The smallest absolute Gasteiger partial charge is 0.143 e. The van der Waals surface area contributed by atoms with Crippen LogP contribution in [0, 0.1) is 0 Å². The van der Waals surface area contributed by atoms with Crippen molar-refractivity contribution in [2.24, 2.45) is 0 Å². The summed E-state index contributed by atoms with van der Waals surface area (Å²) in [7, 11) is 2.17. The van der Waals surface area contributed by atoms with Crippen LogP contribution in [-0.2, 0) is 5.41 Å². The molecule has 0 saturated carbocycles. The normalized spacial score (nSPS) is 20.6. The minimum absolute atomic E-state index is 0.0520. The maximum atomic E-state index is 10.7. The molecule has 1 aromatic rings. The summed E-state index contributed by atoms with van der Waals surface area (Å²) in [6.45, 7) is 14.4. The summed E-state index contributed by atoms with van der Waals surface area (Å²) < 4.78 is 0. The van der Waals surface area contributed by atoms with E-state index in [9.17, 15) is 10.2 Å². The molecule has 2 fully saturated rings. The second-order valence-electron chi connectivity index (χ2n) is 9.05. The Morgan fingerprint density at radius 3 is 1.86 bits per heavy atom. The van der Waals surface area contributed by atoms with Crippen LogP contribution in [0.1, 0.15) is 45.6 Å². The highest BCUT2D eigenvalue weighted by atomic mass is 16.3. The molecule has 1 aromatic carbocycles. The van der Waals surface area contributed by atoms with Gasteiger partial charge < -0.3 is 20.0 Å². The van der Waals surface area contributed by atoms with Gasteiger partial charge in [0.15, 0.2) is 0 Å². The van der Waals surface area contributed by atoms with Crippen LogP contribution in [0.3, 0.4) is 0 Å². The van der Waals surface area contributed by atoms with Gasteiger partial charge in [-0.2, -0.15) is 0 Å². The summed E-state index contributed by atoms with van der Waals surface area (Å²) in [6.07, 6.45) is 3.34. The number of rotatable bonds is 6. The number of hydrogen-bond donors (Lipinski definition) is 2. The molecule has 3 rings (SSSR count). The first-order chi connectivity index (χ1) is 13.3. The zero-order chi connectivity index (χ0) is 20.3. The maximum absolute atomic E-state index is 10.7. The van der Waals surface area contributed by atoms with Gasteiger partial charge in [0, 0.05) is 52.4 Å². The van der Waals surface area contributed by atoms with Crippen molar-refractivity contribution < 1.29 is 10.2 Å². The summed E-state index contributed by atoms with van der Waals surface area (Å²) in [4.78, 5) is 4.49. The maximum Gasteiger partial charge on any atom is 0.143 e. The van der Waals surface area contributed by atoms with Gasteiger partial charge in [-0.1, -0.05) is 33.6 Å². The van der Waals surface area contributed by atoms with Crippen molar-refractivity contribution in [3.8, 4) is 11.5 Å². The van der Waals surface area contributed by atoms with Gasteiger partial charge in [-0.15, -0.1) is 0 Å². The first kappa shape index (κ1) is 21.2. The summed E-state index contributed by atoms with van der Waals surface area (Å²) in [5, 5.41) is 26.3. The molecule has 28 heavy (non-hydrogen) atoms. The second-order valence-corrected chi connectivity index (χ2v) is 9.05. The van der Waals surface area contributed by atoms with Gasteiger partial charge in [0.05, 0.1) is 0 Å². The van der Waals surface area contributed by atoms with Gasteiger partial charge in [0.25, 0.3) is 0 Å². The summed E-state index contributed by atoms with van der Waals surface area (Å²) in [5.41, 5.74) is 1.55. The third kappa shape index (κ3) is 4.73. The number of phenols is 2. The SMILES string of the molecule is CCCCC(C)(C)c1cc(O)c(N2CCN(N3CCN(C)CC3)CC2)c(O)c1. The van der Waals surface area contributed by atoms with Crippen LogP contribution in [0.5, 0.6) is 11.5 Å². The number of piperazine rings is 2. The van der Waals surface area contributed by atoms with E-state index in [2.05, 4.69) is 47.6 Å². The van der Waals surface area contributed by atoms with Crippen molar-refractivity contribution in [1.29, 1.82) is 0 Å². The number of phenolic OH excluding ortho intramolecular Hbond substituents is 2. The molecule has 2 N–H and O–H groups in total. The van der Waals surface area contributed by atoms with Crippen LogP contribution in [0.15, 0.2) is 12.1 Å². The fourth-order valence-electron chi connectivity index (χ4n) is 4.36. The lowest BCUT2D eigenvalue weighted by Gasteiger charge is -2.44. The molecular weight excluding hydrogens is 352 g/mol. The lowest BCUT2D eigenvalue weighted by molar-refractivity contribution is -0.0565. The van der Waals surface area contributed by atoms with Gasteiger partial charge >= 0.3 is 0 Å². The Morgan fingerprint density at radius 2 is 1.36 bits per heavy atom. The predicted molar refractivity (Wildman–Crippen MR) is 115 cm³/mol. The van der Waals surface area contributed by atoms with Crippen molar-refractivity contribution >= 4 is 5.69 Å². The van der Waals surface area contributed by atoms with Crippen LogP contribution in [0.4, 0.5) is 5.69 Å². The molecule has 6 heteroatoms. The molecule has 0 aliphatic carbocycles. The van der Waals surface area contributed by atoms with E-state index in [1.165, 1.54) is 0 Å². The molecule has 0 amide bonds. The highest BCUT2D eigenvalue weighted by Gasteiger charge is 2.29. The van der Waals surface area contributed by atoms with Crippen molar-refractivity contribution in [2.45, 2.75) is 45.4 Å². The average Bonchev–Trinajstić information content (AvgIpc) is 2.67. The molecule has 0 spiro atoms. The molecule has 0 unspecified atom stereocenters. The van der Waals surface area contributed by atoms with Gasteiger partial charge in [0.2, 0.25) is 0 Å². The van der Waals surface area contributed by atoms with E-state index in [4.69, 9.17) is 0 Å². The van der Waals surface area contributed by atoms with Crippen molar-refractivity contribution in [3.05, 3.63) is 17.7 Å². The molecule has 0 atom stereocenters. The number of likely N-dealkylation sites (N-methyl/N-ethyl adjacent to an activating group) is 1. The standard InChI is InChI=1S/C22H38N4O2/c1-5-6-7-22(2,3)18-16-19(27)21(20(28)17-18)24-10-14-26(15-11-24)25-12-8-23(4)9-13-25/h16-17,27-28H,5-15H2,1-4H3. The second kappa shape index (κ2) is 8.89. The van der Waals surface area contributed by atoms with E-state index in [0.29, 0.717) is 5.69 Å². The number of benzene rings is 1. The number of hydrogen-bond acceptors (Lipinski definition) is 6. The first-order valence-corrected chi connectivity index (χ1v) is 10.8. The van der Waals surface area contributed by atoms with E-state index in [1.54, 1.807) is 0 Å². The molecule has 158 valence electrons. The predicted octanol–water partition coefficient (Wildman–Crippen LogP) is 2.85. The Bertz CT molecular complexity index is 625. The van der Waals surface area contributed by atoms with Gasteiger partial charge in [0.1, 0.15) is 17.2 Å². The lowest BCUT2D eigenvalue weighted by atomic mass is 9.80. The van der Waals surface area contributed by atoms with Crippen LogP contribution >= 0.6 is 0 Å². The molecule has 6 nitrogen and oxygen atoms in total. The summed E-state index contributed by atoms with van der Waals surface area (Å²) in [5.74, 6) is 0.403. The Labute approximate surface area is 170 Å². The Balaban J connectivity index is 1.66. The van der Waals surface area contributed by atoms with E-state index < -0.39 is 0 Å². The third-order valence-electron chi connectivity index (χ3n) is 6.46. The topological polar surface area (TPSA) is 53.4 Å². The first-order valence-electron chi connectivity index (χ1n) is 10.8. The number of aromatic hydroxyl groups is 2. The average molecular weight is 391 g/mol. The highest BCUT2D eigenvalue weighted by molar-refractivity contribution is 5.68. The van der Waals surface area contributed by atoms with Gasteiger partial charge in [-0.05, 0) is 36.6 Å². The molecule has 2 aliphatic heterocycles. The number of hydrazine groups is 1. The van der Waals surface area contributed by atoms with Crippen LogP contribution < -0.4 is 4.90 Å². The van der Waals surface area contributed by atoms with Crippen molar-refractivity contribution in [1.82, 2.24) is 14.9 Å².